The number of amides is 1. The van der Waals surface area contributed by atoms with Gasteiger partial charge in [0.2, 0.25) is 0 Å². The first-order chi connectivity index (χ1) is 15.2. The summed E-state index contributed by atoms with van der Waals surface area (Å²) in [6.07, 6.45) is 5.44. The summed E-state index contributed by atoms with van der Waals surface area (Å²) in [7, 11) is 0. The molecule has 31 heavy (non-hydrogen) atoms. The molecule has 5 rings (SSSR count). The molecular weight excluding hydrogens is 388 g/mol. The van der Waals surface area contributed by atoms with Gasteiger partial charge in [0.25, 0.3) is 5.91 Å². The molecule has 2 aliphatic heterocycles. The minimum absolute atomic E-state index is 0.0694. The fourth-order valence-electron chi connectivity index (χ4n) is 4.80. The standard InChI is InChI=1S/C25H26N4O2/c30-24-25(31-14-13-29(24)16-20-7-2-1-3-8-20)19-28(17-22-10-4-5-12-27-22)18-23(25)21-9-6-11-26-15-21/h1-12,15,23H,13-14,16-19H2. The maximum absolute atomic E-state index is 13.9. The molecule has 2 unspecified atom stereocenters. The van der Waals surface area contributed by atoms with Crippen LogP contribution in [0.4, 0.5) is 0 Å². The number of hydrogen-bond donors (Lipinski definition) is 0. The van der Waals surface area contributed by atoms with E-state index in [4.69, 9.17) is 4.74 Å². The van der Waals surface area contributed by atoms with E-state index < -0.39 is 5.60 Å². The molecule has 6 heteroatoms. The number of morpholine rings is 1. The topological polar surface area (TPSA) is 58.6 Å². The van der Waals surface area contributed by atoms with Crippen LogP contribution in [-0.4, -0.2) is 57.5 Å². The SMILES string of the molecule is O=C1N(Cc2ccccc2)CCOC12CN(Cc1ccccn1)CC2c1cccnc1. The predicted octanol–water partition coefficient (Wildman–Crippen LogP) is 2.87. The van der Waals surface area contributed by atoms with Gasteiger partial charge < -0.3 is 9.64 Å². The Morgan fingerprint density at radius 1 is 1.00 bits per heavy atom. The average Bonchev–Trinajstić information content (AvgIpc) is 3.17. The fraction of sp³-hybridized carbons (Fsp3) is 0.320. The molecule has 2 saturated heterocycles. The van der Waals surface area contributed by atoms with Gasteiger partial charge in [0.1, 0.15) is 0 Å². The summed E-state index contributed by atoms with van der Waals surface area (Å²) in [5.41, 5.74) is 2.27. The molecule has 0 saturated carbocycles. The maximum atomic E-state index is 13.9. The quantitative estimate of drug-likeness (QED) is 0.643. The fourth-order valence-corrected chi connectivity index (χ4v) is 4.80. The molecule has 1 spiro atoms. The molecule has 4 heterocycles. The van der Waals surface area contributed by atoms with Crippen LogP contribution in [0.5, 0.6) is 0 Å². The molecule has 2 aromatic heterocycles. The first-order valence-electron chi connectivity index (χ1n) is 10.7. The van der Waals surface area contributed by atoms with Gasteiger partial charge in [-0.05, 0) is 29.3 Å². The summed E-state index contributed by atoms with van der Waals surface area (Å²) in [5.74, 6) is -0.00374. The van der Waals surface area contributed by atoms with Crippen molar-refractivity contribution < 1.29 is 9.53 Å². The predicted molar refractivity (Wildman–Crippen MR) is 117 cm³/mol. The van der Waals surface area contributed by atoms with Gasteiger partial charge >= 0.3 is 0 Å². The van der Waals surface area contributed by atoms with Crippen LogP contribution < -0.4 is 0 Å². The van der Waals surface area contributed by atoms with Crippen molar-refractivity contribution in [2.24, 2.45) is 0 Å². The number of aromatic nitrogens is 2. The highest BCUT2D eigenvalue weighted by Gasteiger charge is 2.57. The first-order valence-corrected chi connectivity index (χ1v) is 10.7. The van der Waals surface area contributed by atoms with E-state index in [0.717, 1.165) is 23.4 Å². The van der Waals surface area contributed by atoms with Crippen LogP contribution in [0.15, 0.2) is 79.3 Å². The second-order valence-corrected chi connectivity index (χ2v) is 8.28. The largest absolute Gasteiger partial charge is 0.361 e. The molecule has 0 N–H and O–H groups in total. The Labute approximate surface area is 182 Å². The number of carbonyl (C=O) groups excluding carboxylic acids is 1. The molecular formula is C25H26N4O2. The smallest absolute Gasteiger partial charge is 0.257 e. The van der Waals surface area contributed by atoms with Crippen LogP contribution in [0.3, 0.4) is 0 Å². The summed E-state index contributed by atoms with van der Waals surface area (Å²) in [6, 6.07) is 20.1. The molecule has 2 fully saturated rings. The number of hydrogen-bond acceptors (Lipinski definition) is 5. The van der Waals surface area contributed by atoms with Crippen LogP contribution in [0.2, 0.25) is 0 Å². The molecule has 0 radical (unpaired) electrons. The first kappa shape index (κ1) is 19.8. The molecule has 2 aliphatic rings. The number of benzene rings is 1. The van der Waals surface area contributed by atoms with Crippen molar-refractivity contribution >= 4 is 5.91 Å². The van der Waals surface area contributed by atoms with Gasteiger partial charge in [0, 0.05) is 57.2 Å². The van der Waals surface area contributed by atoms with Gasteiger partial charge in [-0.3, -0.25) is 19.7 Å². The molecule has 2 atom stereocenters. The van der Waals surface area contributed by atoms with E-state index >= 15 is 0 Å². The zero-order valence-corrected chi connectivity index (χ0v) is 17.4. The highest BCUT2D eigenvalue weighted by atomic mass is 16.5. The summed E-state index contributed by atoms with van der Waals surface area (Å²) < 4.78 is 6.36. The van der Waals surface area contributed by atoms with Crippen molar-refractivity contribution in [1.82, 2.24) is 19.8 Å². The van der Waals surface area contributed by atoms with Crippen LogP contribution in [0, 0.1) is 0 Å². The molecule has 6 nitrogen and oxygen atoms in total. The Morgan fingerprint density at radius 2 is 1.87 bits per heavy atom. The Balaban J connectivity index is 1.45. The number of nitrogens with zero attached hydrogens (tertiary/aromatic N) is 4. The average molecular weight is 415 g/mol. The summed E-state index contributed by atoms with van der Waals surface area (Å²) in [4.78, 5) is 26.9. The van der Waals surface area contributed by atoms with E-state index in [1.165, 1.54) is 0 Å². The lowest BCUT2D eigenvalue weighted by molar-refractivity contribution is -0.173. The lowest BCUT2D eigenvalue weighted by Gasteiger charge is -2.42. The molecule has 0 bridgehead atoms. The lowest BCUT2D eigenvalue weighted by Crippen LogP contribution is -2.59. The number of pyridine rings is 2. The van der Waals surface area contributed by atoms with Crippen molar-refractivity contribution in [3.63, 3.8) is 0 Å². The van der Waals surface area contributed by atoms with Crippen LogP contribution in [0.25, 0.3) is 0 Å². The number of rotatable bonds is 5. The highest BCUT2D eigenvalue weighted by molar-refractivity contribution is 5.88. The summed E-state index contributed by atoms with van der Waals surface area (Å²) >= 11 is 0. The second kappa shape index (κ2) is 8.57. The highest BCUT2D eigenvalue weighted by Crippen LogP contribution is 2.42. The van der Waals surface area contributed by atoms with E-state index in [2.05, 4.69) is 33.1 Å². The van der Waals surface area contributed by atoms with Gasteiger partial charge in [-0.1, -0.05) is 42.5 Å². The zero-order valence-electron chi connectivity index (χ0n) is 17.4. The number of carbonyl (C=O) groups is 1. The van der Waals surface area contributed by atoms with Crippen molar-refractivity contribution in [1.29, 1.82) is 0 Å². The van der Waals surface area contributed by atoms with E-state index in [1.54, 1.807) is 6.20 Å². The van der Waals surface area contributed by atoms with Crippen LogP contribution in [-0.2, 0) is 22.6 Å². The van der Waals surface area contributed by atoms with Gasteiger partial charge in [0.05, 0.1) is 12.3 Å². The number of ether oxygens (including phenoxy) is 1. The second-order valence-electron chi connectivity index (χ2n) is 8.28. The van der Waals surface area contributed by atoms with E-state index in [9.17, 15) is 4.79 Å². The van der Waals surface area contributed by atoms with Crippen LogP contribution in [0.1, 0.15) is 22.7 Å². The van der Waals surface area contributed by atoms with Crippen LogP contribution >= 0.6 is 0 Å². The van der Waals surface area contributed by atoms with E-state index in [1.807, 2.05) is 59.8 Å². The van der Waals surface area contributed by atoms with Gasteiger partial charge in [0.15, 0.2) is 5.60 Å². The Hall–Kier alpha value is -3.09. The molecule has 158 valence electrons. The Morgan fingerprint density at radius 3 is 2.65 bits per heavy atom. The molecule has 3 aromatic rings. The van der Waals surface area contributed by atoms with Gasteiger partial charge in [-0.15, -0.1) is 0 Å². The van der Waals surface area contributed by atoms with E-state index in [-0.39, 0.29) is 11.8 Å². The number of likely N-dealkylation sites (tertiary alicyclic amines) is 1. The van der Waals surface area contributed by atoms with E-state index in [0.29, 0.717) is 32.8 Å². The Bertz CT molecular complexity index is 1020. The van der Waals surface area contributed by atoms with Gasteiger partial charge in [-0.2, -0.15) is 0 Å². The minimum Gasteiger partial charge on any atom is -0.361 e. The van der Waals surface area contributed by atoms with Crippen molar-refractivity contribution in [3.05, 3.63) is 96.1 Å². The third kappa shape index (κ3) is 3.96. The minimum atomic E-state index is -0.898. The normalized spacial score (nSPS) is 24.1. The lowest BCUT2D eigenvalue weighted by atomic mass is 9.83. The zero-order chi connectivity index (χ0) is 21.1. The third-order valence-corrected chi connectivity index (χ3v) is 6.25. The van der Waals surface area contributed by atoms with Gasteiger partial charge in [-0.25, -0.2) is 0 Å². The molecule has 1 amide bonds. The molecule has 0 aliphatic carbocycles. The summed E-state index contributed by atoms with van der Waals surface area (Å²) in [6.45, 7) is 3.71. The summed E-state index contributed by atoms with van der Waals surface area (Å²) in [5, 5.41) is 0. The molecule has 1 aromatic carbocycles. The monoisotopic (exact) mass is 414 g/mol. The third-order valence-electron chi connectivity index (χ3n) is 6.25. The Kier molecular flexibility index (Phi) is 5.49. The maximum Gasteiger partial charge on any atom is 0.257 e. The van der Waals surface area contributed by atoms with Crippen molar-refractivity contribution in [2.45, 2.75) is 24.6 Å². The van der Waals surface area contributed by atoms with Crippen molar-refractivity contribution in [3.8, 4) is 0 Å². The van der Waals surface area contributed by atoms with Crippen molar-refractivity contribution in [2.75, 3.05) is 26.2 Å².